The quantitative estimate of drug-likeness (QED) is 0.913. The number of nitriles is 1. The molecule has 0 unspecified atom stereocenters. The van der Waals surface area contributed by atoms with E-state index in [4.69, 9.17) is 5.26 Å². The van der Waals surface area contributed by atoms with Crippen molar-refractivity contribution in [3.63, 3.8) is 0 Å². The van der Waals surface area contributed by atoms with Crippen molar-refractivity contribution < 1.29 is 4.79 Å². The van der Waals surface area contributed by atoms with Crippen LogP contribution in [0.25, 0.3) is 0 Å². The number of carbonyl (C=O) groups is 1. The molecule has 0 atom stereocenters. The number of amides is 1. The van der Waals surface area contributed by atoms with Gasteiger partial charge in [-0.3, -0.25) is 4.79 Å². The van der Waals surface area contributed by atoms with E-state index in [-0.39, 0.29) is 11.9 Å². The Morgan fingerprint density at radius 1 is 1.35 bits per heavy atom. The molecule has 0 aliphatic carbocycles. The van der Waals surface area contributed by atoms with Crippen LogP contribution in [0.2, 0.25) is 0 Å². The summed E-state index contributed by atoms with van der Waals surface area (Å²) in [6.07, 6.45) is 3.21. The molecule has 1 N–H and O–H groups in total. The van der Waals surface area contributed by atoms with E-state index in [0.717, 1.165) is 32.5 Å². The summed E-state index contributed by atoms with van der Waals surface area (Å²) >= 11 is 0. The Hall–Kier alpha value is -1.86. The Kier molecular flexibility index (Phi) is 5.14. The monoisotopic (exact) mass is 271 g/mol. The number of rotatable bonds is 4. The maximum Gasteiger partial charge on any atom is 0.251 e. The van der Waals surface area contributed by atoms with Gasteiger partial charge < -0.3 is 10.2 Å². The molecule has 4 heteroatoms. The van der Waals surface area contributed by atoms with E-state index in [9.17, 15) is 4.79 Å². The topological polar surface area (TPSA) is 56.1 Å². The average molecular weight is 271 g/mol. The lowest BCUT2D eigenvalue weighted by Gasteiger charge is -2.32. The predicted octanol–water partition coefficient (Wildman–Crippen LogP) is 2.16. The lowest BCUT2D eigenvalue weighted by atomic mass is 10.0. The smallest absolute Gasteiger partial charge is 0.251 e. The summed E-state index contributed by atoms with van der Waals surface area (Å²) < 4.78 is 0. The van der Waals surface area contributed by atoms with Gasteiger partial charge in [0.25, 0.3) is 5.91 Å². The molecule has 2 rings (SSSR count). The molecule has 106 valence electrons. The summed E-state index contributed by atoms with van der Waals surface area (Å²) in [4.78, 5) is 14.6. The largest absolute Gasteiger partial charge is 0.349 e. The summed E-state index contributed by atoms with van der Waals surface area (Å²) in [6, 6.07) is 9.10. The fraction of sp³-hybridized carbons (Fsp3) is 0.500. The lowest BCUT2D eigenvalue weighted by Crippen LogP contribution is -2.44. The van der Waals surface area contributed by atoms with Crippen LogP contribution in [-0.2, 0) is 0 Å². The van der Waals surface area contributed by atoms with Crippen LogP contribution in [0.5, 0.6) is 0 Å². The second-order valence-electron chi connectivity index (χ2n) is 5.28. The molecular formula is C16H21N3O. The van der Waals surface area contributed by atoms with Crippen LogP contribution in [0.15, 0.2) is 24.3 Å². The Bertz CT molecular complexity index is 481. The first-order valence-corrected chi connectivity index (χ1v) is 7.26. The highest BCUT2D eigenvalue weighted by Gasteiger charge is 2.20. The number of piperidine rings is 1. The number of benzene rings is 1. The summed E-state index contributed by atoms with van der Waals surface area (Å²) in [5.74, 6) is -0.0385. The molecule has 4 nitrogen and oxygen atoms in total. The second-order valence-corrected chi connectivity index (χ2v) is 5.28. The first kappa shape index (κ1) is 14.5. The minimum absolute atomic E-state index is 0.0385. The Balaban J connectivity index is 1.84. The zero-order valence-corrected chi connectivity index (χ0v) is 11.9. The van der Waals surface area contributed by atoms with Crippen molar-refractivity contribution in [3.8, 4) is 6.07 Å². The highest BCUT2D eigenvalue weighted by Crippen LogP contribution is 2.12. The maximum absolute atomic E-state index is 12.1. The van der Waals surface area contributed by atoms with E-state index in [0.29, 0.717) is 11.1 Å². The molecule has 1 saturated heterocycles. The van der Waals surface area contributed by atoms with Crippen LogP contribution in [-0.4, -0.2) is 36.5 Å². The van der Waals surface area contributed by atoms with Gasteiger partial charge in [0.2, 0.25) is 0 Å². The predicted molar refractivity (Wildman–Crippen MR) is 78.4 cm³/mol. The normalized spacial score (nSPS) is 16.6. The molecule has 1 fully saturated rings. The van der Waals surface area contributed by atoms with Gasteiger partial charge in [0.15, 0.2) is 0 Å². The molecule has 1 heterocycles. The summed E-state index contributed by atoms with van der Waals surface area (Å²) in [7, 11) is 0. The van der Waals surface area contributed by atoms with E-state index in [2.05, 4.69) is 23.2 Å². The minimum Gasteiger partial charge on any atom is -0.349 e. The fourth-order valence-electron chi connectivity index (χ4n) is 2.58. The van der Waals surface area contributed by atoms with Crippen LogP contribution < -0.4 is 5.32 Å². The van der Waals surface area contributed by atoms with E-state index < -0.39 is 0 Å². The van der Waals surface area contributed by atoms with Gasteiger partial charge in [-0.1, -0.05) is 6.92 Å². The maximum atomic E-state index is 12.1. The average Bonchev–Trinajstić information content (AvgIpc) is 2.49. The summed E-state index contributed by atoms with van der Waals surface area (Å²) in [5.41, 5.74) is 1.20. The summed E-state index contributed by atoms with van der Waals surface area (Å²) in [6.45, 7) is 5.47. The number of carbonyl (C=O) groups excluding carboxylic acids is 1. The molecule has 1 aliphatic heterocycles. The molecule has 1 aliphatic rings. The van der Waals surface area contributed by atoms with E-state index in [1.807, 2.05) is 0 Å². The highest BCUT2D eigenvalue weighted by atomic mass is 16.1. The standard InChI is InChI=1S/C16H21N3O/c1-2-9-19-10-7-15(8-11-19)18-16(20)14-5-3-13(12-17)4-6-14/h3-6,15H,2,7-11H2,1H3,(H,18,20). The molecular weight excluding hydrogens is 250 g/mol. The van der Waals surface area contributed by atoms with Crippen LogP contribution in [0, 0.1) is 11.3 Å². The lowest BCUT2D eigenvalue weighted by molar-refractivity contribution is 0.0911. The molecule has 0 spiro atoms. The molecule has 0 aromatic heterocycles. The van der Waals surface area contributed by atoms with E-state index in [1.54, 1.807) is 24.3 Å². The molecule has 1 amide bonds. The number of nitrogens with zero attached hydrogens (tertiary/aromatic N) is 2. The van der Waals surface area contributed by atoms with Crippen molar-refractivity contribution in [1.29, 1.82) is 5.26 Å². The molecule has 1 aromatic rings. The summed E-state index contributed by atoms with van der Waals surface area (Å²) in [5, 5.41) is 11.8. The van der Waals surface area contributed by atoms with Gasteiger partial charge in [-0.25, -0.2) is 0 Å². The SMILES string of the molecule is CCCN1CCC(NC(=O)c2ccc(C#N)cc2)CC1. The molecule has 0 radical (unpaired) electrons. The molecule has 0 saturated carbocycles. The number of nitrogens with one attached hydrogen (secondary N) is 1. The number of likely N-dealkylation sites (tertiary alicyclic amines) is 1. The second kappa shape index (κ2) is 7.06. The van der Waals surface area contributed by atoms with Crippen LogP contribution >= 0.6 is 0 Å². The molecule has 20 heavy (non-hydrogen) atoms. The van der Waals surface area contributed by atoms with Crippen molar-refractivity contribution in [2.45, 2.75) is 32.2 Å². The molecule has 1 aromatic carbocycles. The van der Waals surface area contributed by atoms with Gasteiger partial charge in [0.1, 0.15) is 0 Å². The first-order chi connectivity index (χ1) is 9.72. The number of hydrogen-bond donors (Lipinski definition) is 1. The van der Waals surface area contributed by atoms with E-state index in [1.165, 1.54) is 6.42 Å². The minimum atomic E-state index is -0.0385. The Morgan fingerprint density at radius 2 is 2.00 bits per heavy atom. The van der Waals surface area contributed by atoms with Crippen molar-refractivity contribution in [2.24, 2.45) is 0 Å². The van der Waals surface area contributed by atoms with Crippen molar-refractivity contribution in [1.82, 2.24) is 10.2 Å². The van der Waals surface area contributed by atoms with Gasteiger partial charge in [0, 0.05) is 24.7 Å². The van der Waals surface area contributed by atoms with Crippen molar-refractivity contribution in [2.75, 3.05) is 19.6 Å². The van der Waals surface area contributed by atoms with Crippen LogP contribution in [0.4, 0.5) is 0 Å². The Morgan fingerprint density at radius 3 is 2.55 bits per heavy atom. The molecule has 0 bridgehead atoms. The van der Waals surface area contributed by atoms with Crippen molar-refractivity contribution >= 4 is 5.91 Å². The van der Waals surface area contributed by atoms with Crippen molar-refractivity contribution in [3.05, 3.63) is 35.4 Å². The van der Waals surface area contributed by atoms with E-state index >= 15 is 0 Å². The first-order valence-electron chi connectivity index (χ1n) is 7.26. The third kappa shape index (κ3) is 3.82. The fourth-order valence-corrected chi connectivity index (χ4v) is 2.58. The third-order valence-electron chi connectivity index (χ3n) is 3.74. The van der Waals surface area contributed by atoms with Gasteiger partial charge in [-0.05, 0) is 50.1 Å². The third-order valence-corrected chi connectivity index (χ3v) is 3.74. The highest BCUT2D eigenvalue weighted by molar-refractivity contribution is 5.94. The zero-order valence-electron chi connectivity index (χ0n) is 11.9. The van der Waals surface area contributed by atoms with Crippen LogP contribution in [0.1, 0.15) is 42.1 Å². The van der Waals surface area contributed by atoms with Gasteiger partial charge >= 0.3 is 0 Å². The van der Waals surface area contributed by atoms with Gasteiger partial charge in [0.05, 0.1) is 11.6 Å². The Labute approximate surface area is 120 Å². The van der Waals surface area contributed by atoms with Gasteiger partial charge in [-0.15, -0.1) is 0 Å². The van der Waals surface area contributed by atoms with Crippen LogP contribution in [0.3, 0.4) is 0 Å². The zero-order chi connectivity index (χ0) is 14.4. The number of hydrogen-bond acceptors (Lipinski definition) is 3. The van der Waals surface area contributed by atoms with Gasteiger partial charge in [-0.2, -0.15) is 5.26 Å².